The maximum absolute atomic E-state index is 13.8. The van der Waals surface area contributed by atoms with Gasteiger partial charge in [-0.05, 0) is 44.2 Å². The number of benzene rings is 2. The molecule has 0 aromatic heterocycles. The molecule has 0 spiro atoms. The van der Waals surface area contributed by atoms with Crippen LogP contribution in [0.4, 0.5) is 14.5 Å². The Kier molecular flexibility index (Phi) is 6.15. The summed E-state index contributed by atoms with van der Waals surface area (Å²) >= 11 is 11.8. The Labute approximate surface area is 149 Å². The number of amides is 1. The number of carbonyl (C=O) groups excluding carboxylic acids is 1. The first-order valence-corrected chi connectivity index (χ1v) is 8.09. The highest BCUT2D eigenvalue weighted by Gasteiger charge is 2.23. The molecule has 2 rings (SSSR count). The Bertz CT molecular complexity index is 755. The van der Waals surface area contributed by atoms with Crippen LogP contribution in [0.2, 0.25) is 10.0 Å². The average Bonchev–Trinajstić information content (AvgIpc) is 2.49. The molecule has 0 heterocycles. The summed E-state index contributed by atoms with van der Waals surface area (Å²) in [5, 5.41) is 5.20. The predicted molar refractivity (Wildman–Crippen MR) is 91.3 cm³/mol. The van der Waals surface area contributed by atoms with E-state index in [1.54, 1.807) is 31.3 Å². The molecule has 3 N–H and O–H groups in total. The second-order valence-electron chi connectivity index (χ2n) is 5.55. The summed E-state index contributed by atoms with van der Waals surface area (Å²) in [6.45, 7) is 3.44. The normalized spacial score (nSPS) is 13.4. The quantitative estimate of drug-likeness (QED) is 0.819. The molecule has 2 aromatic carbocycles. The summed E-state index contributed by atoms with van der Waals surface area (Å²) in [6, 6.07) is 7.31. The number of anilines is 1. The Morgan fingerprint density at radius 1 is 1.12 bits per heavy atom. The van der Waals surface area contributed by atoms with Crippen molar-refractivity contribution in [1.82, 2.24) is 0 Å². The number of carbonyl (C=O) groups is 1. The molecule has 2 aromatic rings. The molecular weight excluding hydrogens is 357 g/mol. The average molecular weight is 374 g/mol. The molecule has 0 saturated carbocycles. The van der Waals surface area contributed by atoms with Gasteiger partial charge in [-0.25, -0.2) is 8.78 Å². The third-order valence-electron chi connectivity index (χ3n) is 3.63. The van der Waals surface area contributed by atoms with Gasteiger partial charge in [-0.15, -0.1) is 0 Å². The van der Waals surface area contributed by atoms with Gasteiger partial charge in [-0.1, -0.05) is 23.2 Å². The maximum Gasteiger partial charge on any atom is 0.282 e. The standard InChI is InChI=1S/C17H16Cl2F2N2O/c1-9(13-5-4-12(20)8-15(13)21)22-10(2)17(24)23-16-6-3-11(18)7-14(16)19/h3-10,22H,1-2H3,(H,23,24)/p+1/t9-,10-/m1/s1. The summed E-state index contributed by atoms with van der Waals surface area (Å²) in [7, 11) is 0. The van der Waals surface area contributed by atoms with Crippen molar-refractivity contribution in [3.8, 4) is 0 Å². The maximum atomic E-state index is 13.8. The summed E-state index contributed by atoms with van der Waals surface area (Å²) < 4.78 is 26.8. The number of nitrogens with one attached hydrogen (secondary N) is 1. The molecule has 1 amide bonds. The molecule has 7 heteroatoms. The molecular formula is C17H17Cl2F2N2O+. The van der Waals surface area contributed by atoms with Crippen molar-refractivity contribution in [2.75, 3.05) is 5.32 Å². The lowest BCUT2D eigenvalue weighted by atomic mass is 10.1. The van der Waals surface area contributed by atoms with Gasteiger partial charge in [0.05, 0.1) is 10.7 Å². The van der Waals surface area contributed by atoms with Crippen molar-refractivity contribution in [3.63, 3.8) is 0 Å². The fourth-order valence-electron chi connectivity index (χ4n) is 2.33. The van der Waals surface area contributed by atoms with E-state index in [9.17, 15) is 13.6 Å². The van der Waals surface area contributed by atoms with Crippen LogP contribution in [0.3, 0.4) is 0 Å². The minimum absolute atomic E-state index is 0.284. The molecule has 0 unspecified atom stereocenters. The zero-order valence-corrected chi connectivity index (χ0v) is 14.6. The molecule has 0 radical (unpaired) electrons. The van der Waals surface area contributed by atoms with Gasteiger partial charge in [0.15, 0.2) is 6.04 Å². The fraction of sp³-hybridized carbons (Fsp3) is 0.235. The van der Waals surface area contributed by atoms with Gasteiger partial charge < -0.3 is 10.6 Å². The zero-order valence-electron chi connectivity index (χ0n) is 13.1. The molecule has 0 aliphatic heterocycles. The largest absolute Gasteiger partial charge is 0.330 e. The van der Waals surface area contributed by atoms with Crippen molar-refractivity contribution in [2.45, 2.75) is 25.9 Å². The number of hydrogen-bond donors (Lipinski definition) is 2. The molecule has 24 heavy (non-hydrogen) atoms. The molecule has 0 aliphatic rings. The van der Waals surface area contributed by atoms with Crippen LogP contribution >= 0.6 is 23.2 Å². The van der Waals surface area contributed by atoms with Crippen LogP contribution in [-0.4, -0.2) is 11.9 Å². The van der Waals surface area contributed by atoms with Crippen LogP contribution < -0.4 is 10.6 Å². The van der Waals surface area contributed by atoms with E-state index in [1.807, 2.05) is 0 Å². The van der Waals surface area contributed by atoms with Crippen LogP contribution in [0.5, 0.6) is 0 Å². The second-order valence-corrected chi connectivity index (χ2v) is 6.39. The first kappa shape index (κ1) is 18.6. The van der Waals surface area contributed by atoms with Gasteiger partial charge in [0.2, 0.25) is 0 Å². The molecule has 128 valence electrons. The predicted octanol–water partition coefficient (Wildman–Crippen LogP) is 3.92. The van der Waals surface area contributed by atoms with E-state index in [4.69, 9.17) is 23.2 Å². The fourth-order valence-corrected chi connectivity index (χ4v) is 2.79. The highest BCUT2D eigenvalue weighted by molar-refractivity contribution is 6.36. The lowest BCUT2D eigenvalue weighted by Crippen LogP contribution is -2.91. The van der Waals surface area contributed by atoms with Gasteiger partial charge in [0.25, 0.3) is 5.91 Å². The smallest absolute Gasteiger partial charge is 0.282 e. The van der Waals surface area contributed by atoms with Gasteiger partial charge in [0.1, 0.15) is 17.7 Å². The van der Waals surface area contributed by atoms with Gasteiger partial charge in [0, 0.05) is 16.7 Å². The zero-order chi connectivity index (χ0) is 17.9. The van der Waals surface area contributed by atoms with Crippen LogP contribution in [0, 0.1) is 11.6 Å². The van der Waals surface area contributed by atoms with Crippen molar-refractivity contribution in [3.05, 3.63) is 63.6 Å². The van der Waals surface area contributed by atoms with E-state index in [0.29, 0.717) is 21.3 Å². The second kappa shape index (κ2) is 7.92. The Hall–Kier alpha value is -1.69. The molecule has 0 fully saturated rings. The molecule has 2 atom stereocenters. The van der Waals surface area contributed by atoms with Crippen LogP contribution in [0.15, 0.2) is 36.4 Å². The number of rotatable bonds is 5. The number of nitrogens with two attached hydrogens (primary N) is 1. The summed E-state index contributed by atoms with van der Waals surface area (Å²) in [5.74, 6) is -1.55. The van der Waals surface area contributed by atoms with Crippen molar-refractivity contribution < 1.29 is 18.9 Å². The first-order chi connectivity index (χ1) is 11.3. The van der Waals surface area contributed by atoms with Crippen LogP contribution in [0.25, 0.3) is 0 Å². The Morgan fingerprint density at radius 3 is 2.46 bits per heavy atom. The van der Waals surface area contributed by atoms with Crippen molar-refractivity contribution >= 4 is 34.8 Å². The number of halogens is 4. The number of quaternary nitrogens is 1. The third-order valence-corrected chi connectivity index (χ3v) is 4.18. The highest BCUT2D eigenvalue weighted by Crippen LogP contribution is 2.25. The van der Waals surface area contributed by atoms with E-state index >= 15 is 0 Å². The minimum atomic E-state index is -0.633. The van der Waals surface area contributed by atoms with E-state index < -0.39 is 17.7 Å². The summed E-state index contributed by atoms with van der Waals surface area (Å²) in [6.07, 6.45) is 0. The van der Waals surface area contributed by atoms with Gasteiger partial charge in [-0.3, -0.25) is 4.79 Å². The molecule has 0 bridgehead atoms. The topological polar surface area (TPSA) is 45.7 Å². The van der Waals surface area contributed by atoms with Crippen molar-refractivity contribution in [1.29, 1.82) is 0 Å². The monoisotopic (exact) mass is 373 g/mol. The Morgan fingerprint density at radius 2 is 1.83 bits per heavy atom. The SMILES string of the molecule is C[C@@H]([NH2+][C@H](C)c1ccc(F)cc1F)C(=O)Nc1ccc(Cl)cc1Cl. The number of hydrogen-bond acceptors (Lipinski definition) is 1. The van der Waals surface area contributed by atoms with E-state index in [1.165, 1.54) is 18.2 Å². The Balaban J connectivity index is 2.02. The highest BCUT2D eigenvalue weighted by atomic mass is 35.5. The third kappa shape index (κ3) is 4.66. The molecule has 3 nitrogen and oxygen atoms in total. The van der Waals surface area contributed by atoms with Crippen LogP contribution in [-0.2, 0) is 4.79 Å². The van der Waals surface area contributed by atoms with Crippen LogP contribution in [0.1, 0.15) is 25.5 Å². The molecule has 0 aliphatic carbocycles. The van der Waals surface area contributed by atoms with E-state index in [-0.39, 0.29) is 11.9 Å². The first-order valence-electron chi connectivity index (χ1n) is 7.33. The lowest BCUT2D eigenvalue weighted by Gasteiger charge is -2.17. The van der Waals surface area contributed by atoms with E-state index in [0.717, 1.165) is 6.07 Å². The summed E-state index contributed by atoms with van der Waals surface area (Å²) in [4.78, 5) is 12.3. The van der Waals surface area contributed by atoms with Crippen molar-refractivity contribution in [2.24, 2.45) is 0 Å². The van der Waals surface area contributed by atoms with Gasteiger partial charge >= 0.3 is 0 Å². The lowest BCUT2D eigenvalue weighted by molar-refractivity contribution is -0.710. The van der Waals surface area contributed by atoms with Gasteiger partial charge in [-0.2, -0.15) is 0 Å². The minimum Gasteiger partial charge on any atom is -0.330 e. The summed E-state index contributed by atoms with van der Waals surface area (Å²) in [5.41, 5.74) is 0.785. The van der Waals surface area contributed by atoms with E-state index in [2.05, 4.69) is 5.32 Å². The molecule has 0 saturated heterocycles.